The maximum absolute atomic E-state index is 4.61. The molecular weight excluding hydrogens is 617 g/mol. The SMILES string of the molecule is CC(C)(C)C1=CC2=CCc3c(-c4ccc(-c5ccccn5)cc4)cc(-c4cccc(-n5c6ccccc6c6ccccc65)c4)c4c3C2C(=C1)C=C4. The number of nitrogens with zero attached hydrogens (tertiary/aromatic N) is 2. The van der Waals surface area contributed by atoms with Gasteiger partial charge in [0.2, 0.25) is 0 Å². The lowest BCUT2D eigenvalue weighted by Crippen LogP contribution is -2.22. The third-order valence-corrected chi connectivity index (χ3v) is 11.1. The third kappa shape index (κ3) is 4.74. The van der Waals surface area contributed by atoms with Crippen molar-refractivity contribution in [2.45, 2.75) is 33.1 Å². The minimum absolute atomic E-state index is 0.0861. The Morgan fingerprint density at radius 1 is 0.627 bits per heavy atom. The lowest BCUT2D eigenvalue weighted by atomic mass is 9.66. The van der Waals surface area contributed by atoms with Gasteiger partial charge < -0.3 is 4.57 Å². The minimum Gasteiger partial charge on any atom is -0.309 e. The first-order valence-electron chi connectivity index (χ1n) is 18.0. The highest BCUT2D eigenvalue weighted by Gasteiger charge is 2.36. The number of aromatic nitrogens is 2. The van der Waals surface area contributed by atoms with E-state index in [9.17, 15) is 0 Å². The van der Waals surface area contributed by atoms with Crippen LogP contribution in [0.1, 0.15) is 43.4 Å². The summed E-state index contributed by atoms with van der Waals surface area (Å²) in [6.07, 6.45) is 15.0. The van der Waals surface area contributed by atoms with Crippen molar-refractivity contribution in [2.75, 3.05) is 0 Å². The summed E-state index contributed by atoms with van der Waals surface area (Å²) in [5.41, 5.74) is 19.4. The molecule has 244 valence electrons. The third-order valence-electron chi connectivity index (χ3n) is 11.1. The molecule has 1 unspecified atom stereocenters. The second-order valence-electron chi connectivity index (χ2n) is 15.2. The van der Waals surface area contributed by atoms with Crippen LogP contribution in [0.25, 0.3) is 67.1 Å². The van der Waals surface area contributed by atoms with E-state index in [1.807, 2.05) is 12.3 Å². The fourth-order valence-electron chi connectivity index (χ4n) is 8.60. The zero-order valence-corrected chi connectivity index (χ0v) is 29.2. The fourth-order valence-corrected chi connectivity index (χ4v) is 8.60. The molecule has 0 N–H and O–H groups in total. The summed E-state index contributed by atoms with van der Waals surface area (Å²) in [6.45, 7) is 6.96. The maximum Gasteiger partial charge on any atom is 0.0701 e. The van der Waals surface area contributed by atoms with Crippen LogP contribution in [-0.4, -0.2) is 9.55 Å². The van der Waals surface area contributed by atoms with Crippen LogP contribution in [0.5, 0.6) is 0 Å². The number of hydrogen-bond acceptors (Lipinski definition) is 1. The Morgan fingerprint density at radius 3 is 2.08 bits per heavy atom. The molecular formula is C49H38N2. The van der Waals surface area contributed by atoms with E-state index in [2.05, 4.69) is 176 Å². The monoisotopic (exact) mass is 654 g/mol. The van der Waals surface area contributed by atoms with Crippen molar-refractivity contribution >= 4 is 27.9 Å². The van der Waals surface area contributed by atoms with Gasteiger partial charge >= 0.3 is 0 Å². The zero-order chi connectivity index (χ0) is 34.3. The molecule has 51 heavy (non-hydrogen) atoms. The molecule has 0 bridgehead atoms. The number of pyridine rings is 1. The average Bonchev–Trinajstić information content (AvgIpc) is 3.51. The Bertz CT molecular complexity index is 2620. The smallest absolute Gasteiger partial charge is 0.0701 e. The Morgan fingerprint density at radius 2 is 1.35 bits per heavy atom. The summed E-state index contributed by atoms with van der Waals surface area (Å²) in [5.74, 6) is 0.242. The number of benzene rings is 5. The van der Waals surface area contributed by atoms with Crippen molar-refractivity contribution < 1.29 is 0 Å². The quantitative estimate of drug-likeness (QED) is 0.185. The topological polar surface area (TPSA) is 17.8 Å². The van der Waals surface area contributed by atoms with Gasteiger partial charge in [0, 0.05) is 34.1 Å². The lowest BCUT2D eigenvalue weighted by Gasteiger charge is -2.38. The fraction of sp³-hybridized carbons (Fsp3) is 0.122. The van der Waals surface area contributed by atoms with Crippen LogP contribution in [0, 0.1) is 5.41 Å². The normalized spacial score (nSPS) is 16.1. The number of hydrogen-bond donors (Lipinski definition) is 0. The van der Waals surface area contributed by atoms with E-state index < -0.39 is 0 Å². The second-order valence-corrected chi connectivity index (χ2v) is 15.2. The Kier molecular flexibility index (Phi) is 6.60. The molecule has 0 spiro atoms. The molecule has 7 aromatic rings. The molecule has 10 rings (SSSR count). The molecule has 3 aliphatic rings. The van der Waals surface area contributed by atoms with Gasteiger partial charge in [-0.15, -0.1) is 0 Å². The number of allylic oxidation sites excluding steroid dienone is 7. The highest BCUT2D eigenvalue weighted by molar-refractivity contribution is 6.09. The van der Waals surface area contributed by atoms with Gasteiger partial charge in [0.05, 0.1) is 16.7 Å². The molecule has 2 heterocycles. The van der Waals surface area contributed by atoms with Crippen LogP contribution in [0.2, 0.25) is 0 Å². The Balaban J connectivity index is 1.19. The molecule has 2 aromatic heterocycles. The summed E-state index contributed by atoms with van der Waals surface area (Å²) in [7, 11) is 0. The summed E-state index contributed by atoms with van der Waals surface area (Å²) in [6, 6.07) is 44.3. The van der Waals surface area contributed by atoms with Crippen molar-refractivity contribution in [2.24, 2.45) is 5.41 Å². The van der Waals surface area contributed by atoms with Gasteiger partial charge in [-0.3, -0.25) is 4.98 Å². The second kappa shape index (κ2) is 11.3. The first-order valence-corrected chi connectivity index (χ1v) is 18.0. The maximum atomic E-state index is 4.61. The number of rotatable bonds is 4. The summed E-state index contributed by atoms with van der Waals surface area (Å²) in [4.78, 5) is 4.61. The van der Waals surface area contributed by atoms with Crippen molar-refractivity contribution in [1.82, 2.24) is 9.55 Å². The van der Waals surface area contributed by atoms with Gasteiger partial charge in [-0.1, -0.05) is 130 Å². The van der Waals surface area contributed by atoms with E-state index in [1.165, 1.54) is 83.2 Å². The van der Waals surface area contributed by atoms with Gasteiger partial charge in [0.25, 0.3) is 0 Å². The predicted octanol–water partition coefficient (Wildman–Crippen LogP) is 12.7. The number of para-hydroxylation sites is 2. The first-order chi connectivity index (χ1) is 24.9. The molecule has 0 radical (unpaired) electrons. The van der Waals surface area contributed by atoms with E-state index in [-0.39, 0.29) is 11.3 Å². The standard InChI is InChI=1S/C49H38N2/c1-49(2,3)36-27-34-22-24-40-42(31-18-20-32(21-19-31)44-15-8-9-26-50-44)30-43(41-25-23-35(28-36)47(34)48(40)41)33-11-10-12-37(29-33)51-45-16-6-4-13-38(45)39-14-5-7-17-46(39)51/h4-23,25-30,47H,24H2,1-3H3. The van der Waals surface area contributed by atoms with Crippen LogP contribution >= 0.6 is 0 Å². The van der Waals surface area contributed by atoms with Crippen LogP contribution in [-0.2, 0) is 6.42 Å². The van der Waals surface area contributed by atoms with Crippen molar-refractivity contribution in [3.05, 3.63) is 185 Å². The van der Waals surface area contributed by atoms with E-state index >= 15 is 0 Å². The molecule has 0 saturated heterocycles. The van der Waals surface area contributed by atoms with Gasteiger partial charge in [-0.2, -0.15) is 0 Å². The summed E-state index contributed by atoms with van der Waals surface area (Å²) < 4.78 is 2.42. The van der Waals surface area contributed by atoms with Gasteiger partial charge in [0.15, 0.2) is 0 Å². The first kappa shape index (κ1) is 29.9. The predicted molar refractivity (Wildman–Crippen MR) is 214 cm³/mol. The van der Waals surface area contributed by atoms with Gasteiger partial charge in [0.1, 0.15) is 0 Å². The molecule has 2 heteroatoms. The molecule has 5 aromatic carbocycles. The summed E-state index contributed by atoms with van der Waals surface area (Å²) >= 11 is 0. The largest absolute Gasteiger partial charge is 0.309 e. The van der Waals surface area contributed by atoms with Gasteiger partial charge in [-0.05, 0) is 110 Å². The van der Waals surface area contributed by atoms with Crippen LogP contribution in [0.4, 0.5) is 0 Å². The van der Waals surface area contributed by atoms with E-state index in [1.54, 1.807) is 0 Å². The highest BCUT2D eigenvalue weighted by atomic mass is 15.0. The highest BCUT2D eigenvalue weighted by Crippen LogP contribution is 2.53. The molecule has 1 atom stereocenters. The zero-order valence-electron chi connectivity index (χ0n) is 29.2. The molecule has 0 fully saturated rings. The van der Waals surface area contributed by atoms with Crippen molar-refractivity contribution in [3.8, 4) is 39.2 Å². The molecule has 3 aliphatic carbocycles. The number of fused-ring (bicyclic) bond motifs is 3. The Labute approximate surface area is 299 Å². The van der Waals surface area contributed by atoms with Crippen LogP contribution in [0.3, 0.4) is 0 Å². The van der Waals surface area contributed by atoms with Crippen molar-refractivity contribution in [3.63, 3.8) is 0 Å². The molecule has 0 amide bonds. The molecule has 0 aliphatic heterocycles. The van der Waals surface area contributed by atoms with Crippen LogP contribution in [0.15, 0.2) is 169 Å². The van der Waals surface area contributed by atoms with Crippen molar-refractivity contribution in [1.29, 1.82) is 0 Å². The van der Waals surface area contributed by atoms with Crippen LogP contribution < -0.4 is 0 Å². The lowest BCUT2D eigenvalue weighted by molar-refractivity contribution is 0.513. The van der Waals surface area contributed by atoms with Gasteiger partial charge in [-0.25, -0.2) is 0 Å². The minimum atomic E-state index is 0.0861. The summed E-state index contributed by atoms with van der Waals surface area (Å²) in [5, 5.41) is 2.56. The van der Waals surface area contributed by atoms with E-state index in [4.69, 9.17) is 0 Å². The van der Waals surface area contributed by atoms with E-state index in [0.717, 1.165) is 17.7 Å². The average molecular weight is 655 g/mol. The molecule has 2 nitrogen and oxygen atoms in total. The molecule has 0 saturated carbocycles. The Hall–Kier alpha value is -5.99. The van der Waals surface area contributed by atoms with E-state index in [0.29, 0.717) is 0 Å².